The van der Waals surface area contributed by atoms with Crippen LogP contribution >= 0.6 is 7.14 Å². The van der Waals surface area contributed by atoms with E-state index in [-0.39, 0.29) is 16.2 Å². The topological polar surface area (TPSA) is 17.1 Å². The fourth-order valence-electron chi connectivity index (χ4n) is 6.69. The lowest BCUT2D eigenvalue weighted by molar-refractivity contribution is 0.590. The van der Waals surface area contributed by atoms with E-state index in [0.29, 0.717) is 0 Å². The van der Waals surface area contributed by atoms with Gasteiger partial charge in [0.05, 0.1) is 0 Å². The predicted molar refractivity (Wildman–Crippen MR) is 248 cm³/mol. The van der Waals surface area contributed by atoms with Gasteiger partial charge in [-0.25, -0.2) is 0 Å². The lowest BCUT2D eigenvalue weighted by Crippen LogP contribution is -2.25. The van der Waals surface area contributed by atoms with Gasteiger partial charge in [-0.15, -0.1) is 0 Å². The van der Waals surface area contributed by atoms with Crippen LogP contribution in [0.1, 0.15) is 112 Å². The number of benzene rings is 6. The smallest absolute Gasteiger partial charge is 0.171 e. The van der Waals surface area contributed by atoms with Crippen LogP contribution in [0, 0.1) is 0 Å². The van der Waals surface area contributed by atoms with E-state index >= 15 is 4.57 Å². The molecule has 0 aromatic heterocycles. The molecule has 0 spiro atoms. The third-order valence-corrected chi connectivity index (χ3v) is 13.6. The van der Waals surface area contributed by atoms with E-state index in [1.165, 1.54) is 16.7 Å². The second kappa shape index (κ2) is 16.5. The van der Waals surface area contributed by atoms with Gasteiger partial charge >= 0.3 is 0 Å². The summed E-state index contributed by atoms with van der Waals surface area (Å²) in [5.74, 6) is 0. The molecule has 0 aliphatic carbocycles. The highest BCUT2D eigenvalue weighted by Gasteiger charge is 2.29. The summed E-state index contributed by atoms with van der Waals surface area (Å²) >= 11 is 0. The monoisotopic (exact) mass is 752 g/mol. The molecule has 6 aromatic carbocycles. The normalized spacial score (nSPS) is 12.9. The molecule has 0 radical (unpaired) electrons. The van der Waals surface area contributed by atoms with Gasteiger partial charge in [0.1, 0.15) is 0 Å². The minimum Gasteiger partial charge on any atom is -0.309 e. The Balaban J connectivity index is 1.28. The first-order valence-electron chi connectivity index (χ1n) is 19.8. The fraction of sp³-hybridized carbons (Fsp3) is 0.222. The summed E-state index contributed by atoms with van der Waals surface area (Å²) in [6.07, 6.45) is 12.8. The van der Waals surface area contributed by atoms with Crippen molar-refractivity contribution in [3.63, 3.8) is 0 Å². The van der Waals surface area contributed by atoms with Crippen molar-refractivity contribution in [2.24, 2.45) is 0 Å². The average molecular weight is 753 g/mol. The van der Waals surface area contributed by atoms with Gasteiger partial charge < -0.3 is 4.57 Å². The Bertz CT molecular complexity index is 2080. The molecule has 0 fully saturated rings. The van der Waals surface area contributed by atoms with Crippen LogP contribution in [0.2, 0.25) is 0 Å². The molecule has 6 aromatic rings. The Morgan fingerprint density at radius 1 is 0.286 bits per heavy atom. The molecule has 56 heavy (non-hydrogen) atoms. The van der Waals surface area contributed by atoms with Crippen LogP contribution < -0.4 is 15.9 Å². The van der Waals surface area contributed by atoms with Crippen LogP contribution in [0.15, 0.2) is 146 Å². The maximum absolute atomic E-state index is 15.6. The molecule has 0 amide bonds. The van der Waals surface area contributed by atoms with Crippen LogP contribution in [-0.4, -0.2) is 0 Å². The molecule has 6 rings (SSSR count). The highest BCUT2D eigenvalue weighted by molar-refractivity contribution is 7.85. The van der Waals surface area contributed by atoms with Crippen molar-refractivity contribution < 1.29 is 4.57 Å². The van der Waals surface area contributed by atoms with E-state index in [1.807, 2.05) is 36.4 Å². The Morgan fingerprint density at radius 3 is 0.607 bits per heavy atom. The van der Waals surface area contributed by atoms with E-state index in [0.717, 1.165) is 49.3 Å². The molecule has 284 valence electrons. The van der Waals surface area contributed by atoms with Gasteiger partial charge in [-0.2, -0.15) is 0 Å². The van der Waals surface area contributed by atoms with Crippen LogP contribution in [-0.2, 0) is 20.8 Å². The van der Waals surface area contributed by atoms with Crippen molar-refractivity contribution >= 4 is 59.5 Å². The lowest BCUT2D eigenvalue weighted by Gasteiger charge is -2.21. The van der Waals surface area contributed by atoms with Crippen molar-refractivity contribution in [2.75, 3.05) is 0 Å². The van der Waals surface area contributed by atoms with E-state index in [4.69, 9.17) is 0 Å². The van der Waals surface area contributed by atoms with Crippen molar-refractivity contribution in [1.29, 1.82) is 0 Å². The molecule has 0 N–H and O–H groups in total. The first kappa shape index (κ1) is 40.4. The van der Waals surface area contributed by atoms with Crippen molar-refractivity contribution in [3.05, 3.63) is 196 Å². The predicted octanol–water partition coefficient (Wildman–Crippen LogP) is 13.7. The SMILES string of the molecule is CC(C)(C)c1ccc(/C=C/c2ccc(P(=O)(c3ccc(/C=C/c4ccc(C(C)(C)C)cc4)cc3)c3ccc(/C=C/c4ccc(C(C)(C)C)cc4)cc3)cc2)cc1. The maximum atomic E-state index is 15.6. The zero-order chi connectivity index (χ0) is 40.1. The van der Waals surface area contributed by atoms with Gasteiger partial charge in [-0.1, -0.05) is 244 Å². The van der Waals surface area contributed by atoms with E-state index in [1.54, 1.807) is 0 Å². The molecule has 0 heterocycles. The molecule has 0 aliphatic heterocycles. The Morgan fingerprint density at radius 2 is 0.446 bits per heavy atom. The summed E-state index contributed by atoms with van der Waals surface area (Å²) < 4.78 is 15.6. The van der Waals surface area contributed by atoms with Gasteiger partial charge in [0.15, 0.2) is 7.14 Å². The third kappa shape index (κ3) is 9.95. The maximum Gasteiger partial charge on any atom is 0.171 e. The van der Waals surface area contributed by atoms with Gasteiger partial charge in [0.2, 0.25) is 0 Å². The quantitative estimate of drug-likeness (QED) is 0.106. The molecule has 0 unspecified atom stereocenters. The fourth-order valence-corrected chi connectivity index (χ4v) is 9.29. The first-order valence-corrected chi connectivity index (χ1v) is 21.5. The second-order valence-electron chi connectivity index (χ2n) is 18.0. The van der Waals surface area contributed by atoms with Gasteiger partial charge in [0, 0.05) is 15.9 Å². The molecule has 0 bridgehead atoms. The van der Waals surface area contributed by atoms with Crippen LogP contribution in [0.25, 0.3) is 36.5 Å². The summed E-state index contributed by atoms with van der Waals surface area (Å²) in [6, 6.07) is 50.9. The van der Waals surface area contributed by atoms with Crippen molar-refractivity contribution in [3.8, 4) is 0 Å². The second-order valence-corrected chi connectivity index (χ2v) is 20.8. The zero-order valence-electron chi connectivity index (χ0n) is 34.7. The molecule has 0 atom stereocenters. The van der Waals surface area contributed by atoms with Crippen LogP contribution in [0.5, 0.6) is 0 Å². The van der Waals surface area contributed by atoms with Crippen LogP contribution in [0.4, 0.5) is 0 Å². The highest BCUT2D eigenvalue weighted by Crippen LogP contribution is 2.42. The standard InChI is InChI=1S/C54H57OP/c1-52(2,3)46-28-16-40(17-29-46)10-13-43-22-34-49(35-23-43)56(55,50-36-24-44(25-37-50)14-11-41-18-30-47(31-19-41)53(4,5)6)51-38-26-45(27-39-51)15-12-42-20-32-48(33-21-42)54(7,8)9/h10-39H,1-9H3/b13-10+,14-11+,15-12+. The number of hydrogen-bond acceptors (Lipinski definition) is 1. The van der Waals surface area contributed by atoms with E-state index in [9.17, 15) is 0 Å². The largest absolute Gasteiger partial charge is 0.309 e. The Kier molecular flexibility index (Phi) is 11.9. The van der Waals surface area contributed by atoms with E-state index < -0.39 is 7.14 Å². The zero-order valence-corrected chi connectivity index (χ0v) is 35.6. The summed E-state index contributed by atoms with van der Waals surface area (Å²) in [7, 11) is -3.20. The molecule has 1 nitrogen and oxygen atoms in total. The average Bonchev–Trinajstić information content (AvgIpc) is 3.18. The minimum absolute atomic E-state index is 0.123. The number of rotatable bonds is 9. The summed E-state index contributed by atoms with van der Waals surface area (Å²) in [5, 5.41) is 2.44. The summed E-state index contributed by atoms with van der Waals surface area (Å²) in [5.41, 5.74) is 11.0. The van der Waals surface area contributed by atoms with Crippen molar-refractivity contribution in [1.82, 2.24) is 0 Å². The minimum atomic E-state index is -3.20. The first-order chi connectivity index (χ1) is 26.5. The van der Waals surface area contributed by atoms with Gasteiger partial charge in [0.25, 0.3) is 0 Å². The third-order valence-electron chi connectivity index (χ3n) is 10.5. The molecular formula is C54H57OP. The molecule has 2 heteroatoms. The Labute approximate surface area is 337 Å². The summed E-state index contributed by atoms with van der Waals surface area (Å²) in [6.45, 7) is 20.1. The molecule has 0 aliphatic rings. The van der Waals surface area contributed by atoms with Crippen molar-refractivity contribution in [2.45, 2.75) is 78.6 Å². The summed E-state index contributed by atoms with van der Waals surface area (Å²) in [4.78, 5) is 0. The Hall–Kier alpha value is -5.23. The highest BCUT2D eigenvalue weighted by atomic mass is 31.2. The van der Waals surface area contributed by atoms with Crippen LogP contribution in [0.3, 0.4) is 0 Å². The van der Waals surface area contributed by atoms with E-state index in [2.05, 4.69) is 208 Å². The molecular weight excluding hydrogens is 696 g/mol. The lowest BCUT2D eigenvalue weighted by atomic mass is 9.87. The molecule has 0 saturated heterocycles. The van der Waals surface area contributed by atoms with Gasteiger partial charge in [-0.3, -0.25) is 0 Å². The number of hydrogen-bond donors (Lipinski definition) is 0. The van der Waals surface area contributed by atoms with Gasteiger partial charge in [-0.05, 0) is 66.3 Å². The molecule has 0 saturated carbocycles.